The molecule has 0 atom stereocenters. The average Bonchev–Trinajstić information content (AvgIpc) is 3.08. The molecule has 0 bridgehead atoms. The van der Waals surface area contributed by atoms with Crippen LogP contribution in [0.2, 0.25) is 0 Å². The first-order valence-corrected chi connectivity index (χ1v) is 10.4. The van der Waals surface area contributed by atoms with Crippen LogP contribution >= 0.6 is 11.3 Å². The quantitative estimate of drug-likeness (QED) is 0.558. The van der Waals surface area contributed by atoms with E-state index in [4.69, 9.17) is 9.47 Å². The lowest BCUT2D eigenvalue weighted by Gasteiger charge is -2.11. The van der Waals surface area contributed by atoms with Gasteiger partial charge in [0.15, 0.2) is 0 Å². The average molecular weight is 443 g/mol. The van der Waals surface area contributed by atoms with Crippen molar-refractivity contribution in [3.63, 3.8) is 0 Å². The van der Waals surface area contributed by atoms with Gasteiger partial charge in [-0.05, 0) is 38.5 Å². The highest BCUT2D eigenvalue weighted by Gasteiger charge is 2.21. The molecule has 0 aliphatic carbocycles. The normalized spacial score (nSPS) is 10.7. The number of para-hydroxylation sites is 1. The Labute approximate surface area is 181 Å². The molecular weight excluding hydrogens is 422 g/mol. The molecule has 0 aliphatic heterocycles. The van der Waals surface area contributed by atoms with Crippen LogP contribution in [0, 0.1) is 6.92 Å². The molecule has 3 aromatic rings. The highest BCUT2D eigenvalue weighted by atomic mass is 32.1. The number of fused-ring (bicyclic) bond motifs is 1. The third kappa shape index (κ3) is 4.64. The molecule has 1 N–H and O–H groups in total. The Bertz CT molecular complexity index is 1210. The molecule has 10 heteroatoms. The van der Waals surface area contributed by atoms with E-state index in [-0.39, 0.29) is 36.4 Å². The van der Waals surface area contributed by atoms with E-state index in [1.165, 1.54) is 6.33 Å². The van der Waals surface area contributed by atoms with Gasteiger partial charge in [0.2, 0.25) is 5.91 Å². The first kappa shape index (κ1) is 22.2. The summed E-state index contributed by atoms with van der Waals surface area (Å²) in [5.41, 5.74) is 0.525. The van der Waals surface area contributed by atoms with Gasteiger partial charge >= 0.3 is 11.9 Å². The van der Waals surface area contributed by atoms with Crippen LogP contribution in [-0.4, -0.2) is 40.6 Å². The van der Waals surface area contributed by atoms with E-state index in [1.54, 1.807) is 45.0 Å². The van der Waals surface area contributed by atoms with Crippen LogP contribution < -0.4 is 10.9 Å². The van der Waals surface area contributed by atoms with Gasteiger partial charge in [0.05, 0.1) is 36.2 Å². The van der Waals surface area contributed by atoms with Crippen molar-refractivity contribution in [3.05, 3.63) is 57.0 Å². The number of carbonyl (C=O) groups is 3. The van der Waals surface area contributed by atoms with Crippen molar-refractivity contribution >= 4 is 45.1 Å². The lowest BCUT2D eigenvalue weighted by Crippen LogP contribution is -2.28. The Morgan fingerprint density at radius 3 is 2.48 bits per heavy atom. The van der Waals surface area contributed by atoms with Crippen LogP contribution in [0.15, 0.2) is 35.4 Å². The number of thiophene rings is 1. The smallest absolute Gasteiger partial charge is 0.348 e. The Hall–Kier alpha value is -3.53. The summed E-state index contributed by atoms with van der Waals surface area (Å²) in [7, 11) is 0. The molecule has 0 saturated carbocycles. The second-order valence-corrected chi connectivity index (χ2v) is 7.45. The molecule has 0 saturated heterocycles. The largest absolute Gasteiger partial charge is 0.462 e. The maximum Gasteiger partial charge on any atom is 0.348 e. The summed E-state index contributed by atoms with van der Waals surface area (Å²) in [5.74, 6) is -1.58. The number of aromatic nitrogens is 2. The molecule has 1 aromatic carbocycles. The number of esters is 2. The maximum atomic E-state index is 12.9. The van der Waals surface area contributed by atoms with Crippen molar-refractivity contribution < 1.29 is 23.9 Å². The van der Waals surface area contributed by atoms with E-state index < -0.39 is 23.4 Å². The lowest BCUT2D eigenvalue weighted by molar-refractivity contribution is -0.116. The van der Waals surface area contributed by atoms with E-state index in [2.05, 4.69) is 10.3 Å². The second-order valence-electron chi connectivity index (χ2n) is 6.45. The molecule has 0 unspecified atom stereocenters. The standard InChI is InChI=1S/C21H21N3O6S/c1-4-29-20(27)13-8-6-7-9-14(13)23-15(25)10-24-11-22-18-16(19(24)26)12(3)17(31-18)21(28)30-5-2/h6-9,11H,4-5,10H2,1-3H3,(H,23,25). The second kappa shape index (κ2) is 9.52. The molecule has 3 rings (SSSR count). The van der Waals surface area contributed by atoms with Crippen molar-refractivity contribution in [1.82, 2.24) is 9.55 Å². The first-order valence-electron chi connectivity index (χ1n) is 9.59. The SMILES string of the molecule is CCOC(=O)c1ccccc1NC(=O)Cn1cnc2sc(C(=O)OCC)c(C)c2c1=O. The number of rotatable bonds is 7. The van der Waals surface area contributed by atoms with Gasteiger partial charge in [-0.1, -0.05) is 12.1 Å². The molecule has 162 valence electrons. The van der Waals surface area contributed by atoms with Gasteiger partial charge in [-0.2, -0.15) is 0 Å². The van der Waals surface area contributed by atoms with Crippen molar-refractivity contribution in [2.75, 3.05) is 18.5 Å². The van der Waals surface area contributed by atoms with Crippen LogP contribution in [-0.2, 0) is 20.8 Å². The van der Waals surface area contributed by atoms with E-state index in [0.717, 1.165) is 15.9 Å². The van der Waals surface area contributed by atoms with Gasteiger partial charge in [-0.15, -0.1) is 11.3 Å². The van der Waals surface area contributed by atoms with Crippen LogP contribution in [0.3, 0.4) is 0 Å². The Balaban J connectivity index is 1.86. The van der Waals surface area contributed by atoms with Crippen LogP contribution in [0.5, 0.6) is 0 Å². The van der Waals surface area contributed by atoms with Crippen LogP contribution in [0.4, 0.5) is 5.69 Å². The highest BCUT2D eigenvalue weighted by Crippen LogP contribution is 2.27. The fraction of sp³-hybridized carbons (Fsp3) is 0.286. The molecule has 2 heterocycles. The summed E-state index contributed by atoms with van der Waals surface area (Å²) in [5, 5.41) is 2.90. The monoisotopic (exact) mass is 443 g/mol. The van der Waals surface area contributed by atoms with Crippen molar-refractivity contribution in [2.24, 2.45) is 0 Å². The predicted molar refractivity (Wildman–Crippen MR) is 116 cm³/mol. The number of aryl methyl sites for hydroxylation is 1. The topological polar surface area (TPSA) is 117 Å². The zero-order valence-corrected chi connectivity index (χ0v) is 18.1. The fourth-order valence-electron chi connectivity index (χ4n) is 2.99. The number of anilines is 1. The Morgan fingerprint density at radius 1 is 1.10 bits per heavy atom. The third-order valence-corrected chi connectivity index (χ3v) is 5.57. The lowest BCUT2D eigenvalue weighted by atomic mass is 10.2. The number of carbonyl (C=O) groups excluding carboxylic acids is 3. The summed E-state index contributed by atoms with van der Waals surface area (Å²) in [4.78, 5) is 54.6. The Kier molecular flexibility index (Phi) is 6.81. The summed E-state index contributed by atoms with van der Waals surface area (Å²) in [6, 6.07) is 6.44. The molecule has 0 fully saturated rings. The molecule has 2 aromatic heterocycles. The molecule has 31 heavy (non-hydrogen) atoms. The molecule has 0 radical (unpaired) electrons. The minimum Gasteiger partial charge on any atom is -0.462 e. The maximum absolute atomic E-state index is 12.9. The van der Waals surface area contributed by atoms with E-state index >= 15 is 0 Å². The number of ether oxygens (including phenoxy) is 2. The summed E-state index contributed by atoms with van der Waals surface area (Å²) >= 11 is 1.08. The molecular formula is C21H21N3O6S. The minimum atomic E-state index is -0.556. The van der Waals surface area contributed by atoms with Gasteiger partial charge in [-0.25, -0.2) is 14.6 Å². The van der Waals surface area contributed by atoms with Crippen molar-refractivity contribution in [1.29, 1.82) is 0 Å². The minimum absolute atomic E-state index is 0.204. The van der Waals surface area contributed by atoms with Crippen LogP contribution in [0.25, 0.3) is 10.2 Å². The third-order valence-electron chi connectivity index (χ3n) is 4.39. The molecule has 9 nitrogen and oxygen atoms in total. The van der Waals surface area contributed by atoms with Crippen LogP contribution in [0.1, 0.15) is 39.4 Å². The number of nitrogens with zero attached hydrogens (tertiary/aromatic N) is 2. The fourth-order valence-corrected chi connectivity index (χ4v) is 4.02. The van der Waals surface area contributed by atoms with E-state index in [1.807, 2.05) is 0 Å². The number of nitrogens with one attached hydrogen (secondary N) is 1. The van der Waals surface area contributed by atoms with Gasteiger partial charge < -0.3 is 14.8 Å². The van der Waals surface area contributed by atoms with Gasteiger partial charge in [-0.3, -0.25) is 14.2 Å². The summed E-state index contributed by atoms with van der Waals surface area (Å²) in [6.07, 6.45) is 1.26. The van der Waals surface area contributed by atoms with Crippen molar-refractivity contribution in [3.8, 4) is 0 Å². The number of hydrogen-bond donors (Lipinski definition) is 1. The van der Waals surface area contributed by atoms with Crippen molar-refractivity contribution in [2.45, 2.75) is 27.3 Å². The molecule has 0 aliphatic rings. The van der Waals surface area contributed by atoms with Gasteiger partial charge in [0.25, 0.3) is 5.56 Å². The zero-order chi connectivity index (χ0) is 22.5. The Morgan fingerprint density at radius 2 is 1.77 bits per heavy atom. The summed E-state index contributed by atoms with van der Waals surface area (Å²) < 4.78 is 11.2. The number of hydrogen-bond acceptors (Lipinski definition) is 8. The predicted octanol–water partition coefficient (Wildman–Crippen LogP) is 2.76. The molecule has 0 spiro atoms. The van der Waals surface area contributed by atoms with E-state index in [9.17, 15) is 19.2 Å². The first-order chi connectivity index (χ1) is 14.9. The zero-order valence-electron chi connectivity index (χ0n) is 17.3. The van der Waals surface area contributed by atoms with Gasteiger partial charge in [0, 0.05) is 0 Å². The summed E-state index contributed by atoms with van der Waals surface area (Å²) in [6.45, 7) is 5.14. The van der Waals surface area contributed by atoms with E-state index in [0.29, 0.717) is 15.3 Å². The molecule has 1 amide bonds. The van der Waals surface area contributed by atoms with Gasteiger partial charge in [0.1, 0.15) is 16.3 Å². The number of benzene rings is 1. The highest BCUT2D eigenvalue weighted by molar-refractivity contribution is 7.20. The number of amides is 1.